The molecule has 0 unspecified atom stereocenters. The number of carboxylic acid groups (broad SMARTS) is 1. The fourth-order valence-corrected chi connectivity index (χ4v) is 0.904. The van der Waals surface area contributed by atoms with Crippen molar-refractivity contribution in [1.82, 2.24) is 0 Å². The highest BCUT2D eigenvalue weighted by Gasteiger charge is 2.20. The number of rotatable bonds is 6. The van der Waals surface area contributed by atoms with Gasteiger partial charge in [0.05, 0.1) is 6.61 Å². The molecule has 14 heavy (non-hydrogen) atoms. The van der Waals surface area contributed by atoms with Crippen molar-refractivity contribution in [3.63, 3.8) is 0 Å². The van der Waals surface area contributed by atoms with Crippen molar-refractivity contribution in [1.29, 1.82) is 0 Å². The minimum Gasteiger partial charge on any atom is -0.480 e. The molecule has 6 heteroatoms. The summed E-state index contributed by atoms with van der Waals surface area (Å²) in [7, 11) is 0. The van der Waals surface area contributed by atoms with Crippen LogP contribution in [-0.4, -0.2) is 34.8 Å². The molecule has 0 radical (unpaired) electrons. The fraction of sp³-hybridized carbons (Fsp3) is 0.625. The van der Waals surface area contributed by atoms with Gasteiger partial charge < -0.3 is 9.84 Å². The van der Waals surface area contributed by atoms with Gasteiger partial charge in [0, 0.05) is 6.42 Å². The predicted molar refractivity (Wildman–Crippen MR) is 48.2 cm³/mol. The molecule has 0 fully saturated rings. The molecule has 0 rings (SSSR count). The highest BCUT2D eigenvalue weighted by Crippen LogP contribution is 2.05. The minimum atomic E-state index is -1.28. The van der Waals surface area contributed by atoms with Crippen molar-refractivity contribution in [2.24, 2.45) is 0 Å². The van der Waals surface area contributed by atoms with Crippen LogP contribution < -0.4 is 0 Å². The molecular weight excluding hydrogens is 212 g/mol. The van der Waals surface area contributed by atoms with Crippen LogP contribution in [0.4, 0.5) is 0 Å². The van der Waals surface area contributed by atoms with E-state index in [0.717, 1.165) is 0 Å². The van der Waals surface area contributed by atoms with Crippen molar-refractivity contribution in [2.75, 3.05) is 6.61 Å². The Morgan fingerprint density at radius 2 is 2.00 bits per heavy atom. The molecular formula is C8H11ClO5. The Morgan fingerprint density at radius 1 is 1.43 bits per heavy atom. The van der Waals surface area contributed by atoms with Crippen LogP contribution in [0.5, 0.6) is 0 Å². The smallest absolute Gasteiger partial charge is 0.322 e. The van der Waals surface area contributed by atoms with Gasteiger partial charge in [-0.15, -0.1) is 11.6 Å². The van der Waals surface area contributed by atoms with E-state index in [-0.39, 0.29) is 13.0 Å². The molecule has 0 aromatic carbocycles. The quantitative estimate of drug-likeness (QED) is 0.404. The van der Waals surface area contributed by atoms with Gasteiger partial charge >= 0.3 is 11.9 Å². The normalized spacial score (nSPS) is 11.9. The van der Waals surface area contributed by atoms with Gasteiger partial charge in [-0.25, -0.2) is 0 Å². The molecule has 0 aromatic rings. The summed E-state index contributed by atoms with van der Waals surface area (Å²) >= 11 is 5.30. The van der Waals surface area contributed by atoms with E-state index in [1.165, 1.54) is 0 Å². The summed E-state index contributed by atoms with van der Waals surface area (Å²) < 4.78 is 4.50. The largest absolute Gasteiger partial charge is 0.480 e. The third-order valence-corrected chi connectivity index (χ3v) is 1.66. The average Bonchev–Trinajstić information content (AvgIpc) is 2.03. The third kappa shape index (κ3) is 5.53. The van der Waals surface area contributed by atoms with Gasteiger partial charge in [-0.3, -0.25) is 14.4 Å². The van der Waals surface area contributed by atoms with E-state index in [1.54, 1.807) is 6.92 Å². The second kappa shape index (κ2) is 6.37. The van der Waals surface area contributed by atoms with Gasteiger partial charge in [-0.05, 0) is 6.92 Å². The van der Waals surface area contributed by atoms with Gasteiger partial charge in [0.15, 0.2) is 0 Å². The van der Waals surface area contributed by atoms with Crippen molar-refractivity contribution in [2.45, 2.75) is 25.1 Å². The van der Waals surface area contributed by atoms with Crippen LogP contribution in [0.3, 0.4) is 0 Å². The molecule has 0 amide bonds. The van der Waals surface area contributed by atoms with E-state index in [1.807, 2.05) is 0 Å². The summed E-state index contributed by atoms with van der Waals surface area (Å²) in [5, 5.41) is 7.09. The molecule has 0 aromatic heterocycles. The van der Waals surface area contributed by atoms with Gasteiger partial charge in [-0.1, -0.05) is 0 Å². The second-order valence-corrected chi connectivity index (χ2v) is 3.06. The molecule has 0 aliphatic heterocycles. The van der Waals surface area contributed by atoms with Gasteiger partial charge in [0.25, 0.3) is 0 Å². The van der Waals surface area contributed by atoms with E-state index in [2.05, 4.69) is 4.74 Å². The second-order valence-electron chi connectivity index (χ2n) is 2.53. The lowest BCUT2D eigenvalue weighted by Crippen LogP contribution is -2.20. The number of carboxylic acids is 1. The predicted octanol–water partition coefficient (Wildman–Crippen LogP) is 0.591. The molecule has 5 nitrogen and oxygen atoms in total. The number of alkyl halides is 1. The Labute approximate surface area is 86.0 Å². The van der Waals surface area contributed by atoms with Crippen LogP contribution in [-0.2, 0) is 19.1 Å². The number of aliphatic carboxylic acids is 1. The minimum absolute atomic E-state index is 0.190. The lowest BCUT2D eigenvalue weighted by molar-refractivity contribution is -0.146. The summed E-state index contributed by atoms with van der Waals surface area (Å²) in [6, 6.07) is 0. The van der Waals surface area contributed by atoms with E-state index in [4.69, 9.17) is 16.7 Å². The molecule has 0 saturated carbocycles. The number of Topliss-reactive ketones (excluding diaryl/α,β-unsaturated/α-hetero) is 1. The first-order valence-corrected chi connectivity index (χ1v) is 4.45. The zero-order chi connectivity index (χ0) is 11.1. The molecule has 0 aliphatic rings. The van der Waals surface area contributed by atoms with Crippen LogP contribution >= 0.6 is 11.6 Å². The van der Waals surface area contributed by atoms with Crippen LogP contribution in [0.25, 0.3) is 0 Å². The van der Waals surface area contributed by atoms with Gasteiger partial charge in [-0.2, -0.15) is 0 Å². The molecule has 80 valence electrons. The summed E-state index contributed by atoms with van der Waals surface area (Å²) in [4.78, 5) is 32.0. The number of ketones is 1. The SMILES string of the molecule is CCOC(=O)CC(=O)C[C@H](Cl)C(=O)O. The van der Waals surface area contributed by atoms with E-state index >= 15 is 0 Å². The first kappa shape index (κ1) is 12.9. The summed E-state index contributed by atoms with van der Waals surface area (Å²) in [6.07, 6.45) is -0.792. The lowest BCUT2D eigenvalue weighted by Gasteiger charge is -2.03. The monoisotopic (exact) mass is 222 g/mol. The maximum Gasteiger partial charge on any atom is 0.322 e. The Morgan fingerprint density at radius 3 is 2.43 bits per heavy atom. The number of carbonyl (C=O) groups excluding carboxylic acids is 2. The molecule has 0 aliphatic carbocycles. The number of halogens is 1. The van der Waals surface area contributed by atoms with Crippen molar-refractivity contribution >= 4 is 29.3 Å². The Bertz CT molecular complexity index is 238. The first-order valence-electron chi connectivity index (χ1n) is 4.01. The summed E-state index contributed by atoms with van der Waals surface area (Å²) in [6.45, 7) is 1.80. The number of hydrogen-bond donors (Lipinski definition) is 1. The zero-order valence-corrected chi connectivity index (χ0v) is 8.41. The summed E-state index contributed by atoms with van der Waals surface area (Å²) in [5.41, 5.74) is 0. The average molecular weight is 223 g/mol. The Balaban J connectivity index is 3.86. The van der Waals surface area contributed by atoms with E-state index in [9.17, 15) is 14.4 Å². The van der Waals surface area contributed by atoms with Crippen molar-refractivity contribution < 1.29 is 24.2 Å². The molecule has 0 bridgehead atoms. The molecule has 0 spiro atoms. The van der Waals surface area contributed by atoms with Gasteiger partial charge in [0.1, 0.15) is 17.6 Å². The Kier molecular flexibility index (Phi) is 5.87. The lowest BCUT2D eigenvalue weighted by atomic mass is 10.1. The van der Waals surface area contributed by atoms with E-state index < -0.39 is 29.5 Å². The van der Waals surface area contributed by atoms with E-state index in [0.29, 0.717) is 0 Å². The van der Waals surface area contributed by atoms with Crippen LogP contribution in [0.1, 0.15) is 19.8 Å². The fourth-order valence-electron chi connectivity index (χ4n) is 0.732. The highest BCUT2D eigenvalue weighted by atomic mass is 35.5. The number of ether oxygens (including phenoxy) is 1. The van der Waals surface area contributed by atoms with Crippen LogP contribution in [0, 0.1) is 0 Å². The third-order valence-electron chi connectivity index (χ3n) is 1.32. The Hall–Kier alpha value is -1.10. The topological polar surface area (TPSA) is 80.7 Å². The van der Waals surface area contributed by atoms with Gasteiger partial charge in [0.2, 0.25) is 0 Å². The molecule has 1 atom stereocenters. The zero-order valence-electron chi connectivity index (χ0n) is 7.66. The molecule has 1 N–H and O–H groups in total. The standard InChI is InChI=1S/C8H11ClO5/c1-2-14-7(11)4-5(10)3-6(9)8(12)13/h6H,2-4H2,1H3,(H,12,13)/t6-/m0/s1. The summed E-state index contributed by atoms with van der Waals surface area (Å²) in [5.74, 6) is -2.47. The molecule has 0 saturated heterocycles. The van der Waals surface area contributed by atoms with Crippen molar-refractivity contribution in [3.8, 4) is 0 Å². The molecule has 0 heterocycles. The highest BCUT2D eigenvalue weighted by molar-refractivity contribution is 6.30. The van der Waals surface area contributed by atoms with Crippen LogP contribution in [0.2, 0.25) is 0 Å². The maximum absolute atomic E-state index is 11.0. The van der Waals surface area contributed by atoms with Crippen LogP contribution in [0.15, 0.2) is 0 Å². The first-order chi connectivity index (χ1) is 6.47. The number of esters is 1. The number of carbonyl (C=O) groups is 3. The van der Waals surface area contributed by atoms with Crippen molar-refractivity contribution in [3.05, 3.63) is 0 Å². The maximum atomic E-state index is 11.0. The number of hydrogen-bond acceptors (Lipinski definition) is 4.